The lowest BCUT2D eigenvalue weighted by atomic mass is 9.89. The van der Waals surface area contributed by atoms with Gasteiger partial charge in [0, 0.05) is 40.2 Å². The quantitative estimate of drug-likeness (QED) is 0.755. The van der Waals surface area contributed by atoms with Gasteiger partial charge in [-0.05, 0) is 19.8 Å². The zero-order chi connectivity index (χ0) is 14.1. The van der Waals surface area contributed by atoms with Gasteiger partial charge in [-0.2, -0.15) is 17.0 Å². The van der Waals surface area contributed by atoms with Crippen molar-refractivity contribution < 1.29 is 17.9 Å². The molecule has 0 bridgehead atoms. The summed E-state index contributed by atoms with van der Waals surface area (Å²) in [5.74, 6) is 0. The largest absolute Gasteiger partial charge is 0.376 e. The van der Waals surface area contributed by atoms with E-state index in [0.717, 1.165) is 19.3 Å². The maximum Gasteiger partial charge on any atom is 0.281 e. The highest BCUT2D eigenvalue weighted by Crippen LogP contribution is 2.37. The molecule has 2 rings (SSSR count). The zero-order valence-corrected chi connectivity index (χ0v) is 12.8. The topological polar surface area (TPSA) is 59.1 Å². The van der Waals surface area contributed by atoms with Crippen molar-refractivity contribution in [3.63, 3.8) is 0 Å². The molecule has 112 valence electrons. The second-order valence-corrected chi connectivity index (χ2v) is 7.61. The summed E-state index contributed by atoms with van der Waals surface area (Å²) in [5.41, 5.74) is -0.168. The fraction of sp³-hybridized carbons (Fsp3) is 1.00. The average Bonchev–Trinajstić information content (AvgIpc) is 2.73. The summed E-state index contributed by atoms with van der Waals surface area (Å²) in [6, 6.07) is 0. The summed E-state index contributed by atoms with van der Waals surface area (Å²) in [6.45, 7) is 4.37. The van der Waals surface area contributed by atoms with Gasteiger partial charge in [0.2, 0.25) is 0 Å². The van der Waals surface area contributed by atoms with Gasteiger partial charge in [0.05, 0.1) is 18.3 Å². The number of nitrogens with zero attached hydrogens (tertiary/aromatic N) is 2. The van der Waals surface area contributed by atoms with Gasteiger partial charge >= 0.3 is 0 Å². The highest BCUT2D eigenvalue weighted by Gasteiger charge is 2.45. The van der Waals surface area contributed by atoms with Gasteiger partial charge in [-0.3, -0.25) is 0 Å². The molecule has 0 aromatic heterocycles. The van der Waals surface area contributed by atoms with Crippen molar-refractivity contribution in [2.45, 2.75) is 37.9 Å². The predicted molar refractivity (Wildman–Crippen MR) is 72.1 cm³/mol. The van der Waals surface area contributed by atoms with E-state index in [-0.39, 0.29) is 11.7 Å². The highest BCUT2D eigenvalue weighted by molar-refractivity contribution is 7.86. The van der Waals surface area contributed by atoms with Gasteiger partial charge < -0.3 is 9.47 Å². The van der Waals surface area contributed by atoms with Gasteiger partial charge in [-0.25, -0.2) is 0 Å². The number of piperidine rings is 1. The van der Waals surface area contributed by atoms with Crippen molar-refractivity contribution in [3.05, 3.63) is 0 Å². The van der Waals surface area contributed by atoms with E-state index in [2.05, 4.69) is 0 Å². The molecule has 0 saturated carbocycles. The summed E-state index contributed by atoms with van der Waals surface area (Å²) in [4.78, 5) is 0. The molecule has 0 radical (unpaired) electrons. The van der Waals surface area contributed by atoms with E-state index in [0.29, 0.717) is 26.3 Å². The molecule has 0 aromatic rings. The Labute approximate surface area is 115 Å². The van der Waals surface area contributed by atoms with Gasteiger partial charge in [-0.15, -0.1) is 0 Å². The number of hydrogen-bond donors (Lipinski definition) is 0. The van der Waals surface area contributed by atoms with Crippen LogP contribution in [0.25, 0.3) is 0 Å². The molecule has 0 unspecified atom stereocenters. The van der Waals surface area contributed by atoms with Crippen LogP contribution in [0.2, 0.25) is 0 Å². The molecular weight excluding hydrogens is 268 g/mol. The Bertz CT molecular complexity index is 402. The molecule has 2 fully saturated rings. The van der Waals surface area contributed by atoms with Crippen LogP contribution in [0.4, 0.5) is 0 Å². The smallest absolute Gasteiger partial charge is 0.281 e. The molecule has 0 aromatic carbocycles. The van der Waals surface area contributed by atoms with Crippen LogP contribution in [-0.2, 0) is 19.7 Å². The molecule has 7 heteroatoms. The molecule has 2 saturated heterocycles. The van der Waals surface area contributed by atoms with E-state index in [1.807, 2.05) is 6.92 Å². The van der Waals surface area contributed by atoms with Gasteiger partial charge in [0.25, 0.3) is 10.2 Å². The maximum atomic E-state index is 12.0. The lowest BCUT2D eigenvalue weighted by molar-refractivity contribution is -0.0340. The third kappa shape index (κ3) is 3.11. The lowest BCUT2D eigenvalue weighted by Crippen LogP contribution is -2.49. The molecular formula is C12H24N2O4S. The van der Waals surface area contributed by atoms with Crippen LogP contribution in [0.5, 0.6) is 0 Å². The zero-order valence-electron chi connectivity index (χ0n) is 12.0. The average molecular weight is 292 g/mol. The van der Waals surface area contributed by atoms with E-state index >= 15 is 0 Å². The molecule has 1 spiro atoms. The van der Waals surface area contributed by atoms with Crippen LogP contribution in [0.3, 0.4) is 0 Å². The van der Waals surface area contributed by atoms with Crippen LogP contribution in [0.15, 0.2) is 0 Å². The van der Waals surface area contributed by atoms with Crippen molar-refractivity contribution in [2.75, 3.05) is 40.4 Å². The molecule has 0 amide bonds. The molecule has 1 atom stereocenters. The van der Waals surface area contributed by atoms with Gasteiger partial charge in [-0.1, -0.05) is 0 Å². The number of ether oxygens (including phenoxy) is 2. The fourth-order valence-corrected chi connectivity index (χ4v) is 3.95. The second-order valence-electron chi connectivity index (χ2n) is 5.46. The van der Waals surface area contributed by atoms with Crippen molar-refractivity contribution in [2.24, 2.45) is 0 Å². The normalized spacial score (nSPS) is 28.3. The standard InChI is InChI=1S/C12H24N2O4S/c1-4-17-11-9-12(18-10-11)5-7-14(8-6-12)19(15,16)13(2)3/h11H,4-10H2,1-3H3/t11-/m1/s1. The van der Waals surface area contributed by atoms with Crippen molar-refractivity contribution >= 4 is 10.2 Å². The highest BCUT2D eigenvalue weighted by atomic mass is 32.2. The third-order valence-corrected chi connectivity index (χ3v) is 5.94. The minimum absolute atomic E-state index is 0.168. The Morgan fingerprint density at radius 2 is 2.00 bits per heavy atom. The molecule has 0 aliphatic carbocycles. The molecule has 19 heavy (non-hydrogen) atoms. The number of rotatable bonds is 4. The van der Waals surface area contributed by atoms with E-state index < -0.39 is 10.2 Å². The lowest BCUT2D eigenvalue weighted by Gasteiger charge is -2.38. The first-order valence-corrected chi connectivity index (χ1v) is 8.22. The Morgan fingerprint density at radius 3 is 2.53 bits per heavy atom. The summed E-state index contributed by atoms with van der Waals surface area (Å²) in [7, 11) is -0.157. The minimum atomic E-state index is -3.29. The van der Waals surface area contributed by atoms with E-state index in [1.165, 1.54) is 8.61 Å². The Morgan fingerprint density at radius 1 is 1.37 bits per heavy atom. The monoisotopic (exact) mass is 292 g/mol. The first kappa shape index (κ1) is 15.2. The van der Waals surface area contributed by atoms with Crippen molar-refractivity contribution in [3.8, 4) is 0 Å². The van der Waals surface area contributed by atoms with Crippen LogP contribution >= 0.6 is 0 Å². The Kier molecular flexibility index (Phi) is 4.52. The van der Waals surface area contributed by atoms with Crippen LogP contribution in [0.1, 0.15) is 26.2 Å². The maximum absolute atomic E-state index is 12.0. The van der Waals surface area contributed by atoms with Crippen molar-refractivity contribution in [1.82, 2.24) is 8.61 Å². The van der Waals surface area contributed by atoms with Crippen molar-refractivity contribution in [1.29, 1.82) is 0 Å². The fourth-order valence-electron chi connectivity index (χ4n) is 2.85. The Hall–Kier alpha value is -0.210. The third-order valence-electron chi connectivity index (χ3n) is 4.00. The van der Waals surface area contributed by atoms with Gasteiger partial charge in [0.15, 0.2) is 0 Å². The molecule has 6 nitrogen and oxygen atoms in total. The molecule has 0 N–H and O–H groups in total. The second kappa shape index (κ2) is 5.65. The molecule has 2 aliphatic heterocycles. The van der Waals surface area contributed by atoms with E-state index in [4.69, 9.17) is 9.47 Å². The van der Waals surface area contributed by atoms with E-state index in [9.17, 15) is 8.42 Å². The molecule has 2 aliphatic rings. The molecule has 2 heterocycles. The van der Waals surface area contributed by atoms with Gasteiger partial charge in [0.1, 0.15) is 0 Å². The minimum Gasteiger partial charge on any atom is -0.376 e. The Balaban J connectivity index is 1.93. The first-order valence-electron chi connectivity index (χ1n) is 6.83. The summed E-state index contributed by atoms with van der Waals surface area (Å²) in [5, 5.41) is 0. The predicted octanol–water partition coefficient (Wildman–Crippen LogP) is 0.453. The summed E-state index contributed by atoms with van der Waals surface area (Å²) in [6.07, 6.45) is 2.56. The van der Waals surface area contributed by atoms with E-state index in [1.54, 1.807) is 14.1 Å². The number of hydrogen-bond acceptors (Lipinski definition) is 4. The van der Waals surface area contributed by atoms with Crippen LogP contribution in [-0.4, -0.2) is 69.1 Å². The SMILES string of the molecule is CCO[C@H]1COC2(CCN(S(=O)(=O)N(C)C)CC2)C1. The summed E-state index contributed by atoms with van der Waals surface area (Å²) >= 11 is 0. The first-order chi connectivity index (χ1) is 8.89. The van der Waals surface area contributed by atoms with Crippen LogP contribution in [0, 0.1) is 0 Å². The summed E-state index contributed by atoms with van der Waals surface area (Å²) < 4.78 is 38.4. The van der Waals surface area contributed by atoms with Crippen LogP contribution < -0.4 is 0 Å².